The first-order valence-electron chi connectivity index (χ1n) is 10.8. The lowest BCUT2D eigenvalue weighted by Gasteiger charge is -2.33. The number of guanidine groups is 1. The number of nitrogens with zero attached hydrogens (tertiary/aromatic N) is 2. The van der Waals surface area contributed by atoms with E-state index in [0.29, 0.717) is 18.7 Å². The topological polar surface area (TPSA) is 58.1 Å². The van der Waals surface area contributed by atoms with Gasteiger partial charge in [0.25, 0.3) is 0 Å². The van der Waals surface area contributed by atoms with Gasteiger partial charge in [-0.25, -0.2) is 0 Å². The maximum Gasteiger partial charge on any atom is 0.191 e. The number of likely N-dealkylation sites (tertiary alicyclic amines) is 1. The number of hydrogen-bond donors (Lipinski definition) is 2. The third-order valence-corrected chi connectivity index (χ3v) is 4.85. The zero-order chi connectivity index (χ0) is 21.3. The Morgan fingerprint density at radius 2 is 1.87 bits per heavy atom. The molecule has 1 saturated heterocycles. The number of para-hydroxylation sites is 1. The highest BCUT2D eigenvalue weighted by Crippen LogP contribution is 2.22. The molecule has 30 heavy (non-hydrogen) atoms. The summed E-state index contributed by atoms with van der Waals surface area (Å²) in [5.41, 5.74) is 0.912. The van der Waals surface area contributed by atoms with Crippen LogP contribution in [-0.2, 0) is 11.3 Å². The van der Waals surface area contributed by atoms with Crippen LogP contribution in [-0.4, -0.2) is 61.9 Å². The third kappa shape index (κ3) is 10.3. The Balaban J connectivity index is 0.00000450. The lowest BCUT2D eigenvalue weighted by molar-refractivity contribution is 0.0532. The second-order valence-electron chi connectivity index (χ2n) is 8.93. The van der Waals surface area contributed by atoms with E-state index in [0.717, 1.165) is 56.4 Å². The highest BCUT2D eigenvalue weighted by atomic mass is 127. The Kier molecular flexibility index (Phi) is 12.0. The molecule has 1 aromatic rings. The predicted molar refractivity (Wildman–Crippen MR) is 136 cm³/mol. The minimum Gasteiger partial charge on any atom is -0.488 e. The third-order valence-electron chi connectivity index (χ3n) is 4.85. The van der Waals surface area contributed by atoms with Crippen LogP contribution in [0, 0.1) is 0 Å². The summed E-state index contributed by atoms with van der Waals surface area (Å²) in [6.45, 7) is 15.1. The minimum absolute atomic E-state index is 0. The summed E-state index contributed by atoms with van der Waals surface area (Å²) in [7, 11) is 1.82. The highest BCUT2D eigenvalue weighted by Gasteiger charge is 2.20. The van der Waals surface area contributed by atoms with Crippen LogP contribution < -0.4 is 15.4 Å². The van der Waals surface area contributed by atoms with E-state index in [9.17, 15) is 0 Å². The summed E-state index contributed by atoms with van der Waals surface area (Å²) in [5, 5.41) is 7.02. The van der Waals surface area contributed by atoms with Gasteiger partial charge < -0.3 is 25.0 Å². The molecule has 6 nitrogen and oxygen atoms in total. The van der Waals surface area contributed by atoms with Crippen LogP contribution in [0.2, 0.25) is 0 Å². The van der Waals surface area contributed by atoms with Crippen LogP contribution in [0.5, 0.6) is 5.75 Å². The predicted octanol–water partition coefficient (Wildman–Crippen LogP) is 4.04. The summed E-state index contributed by atoms with van der Waals surface area (Å²) >= 11 is 0. The molecule has 1 aliphatic rings. The average molecular weight is 533 g/mol. The van der Waals surface area contributed by atoms with Gasteiger partial charge in [0, 0.05) is 44.8 Å². The first-order valence-corrected chi connectivity index (χ1v) is 10.8. The van der Waals surface area contributed by atoms with Gasteiger partial charge in [0.15, 0.2) is 5.96 Å². The van der Waals surface area contributed by atoms with Gasteiger partial charge in [0.2, 0.25) is 0 Å². The van der Waals surface area contributed by atoms with Gasteiger partial charge in [-0.15, -0.1) is 24.0 Å². The molecule has 0 atom stereocenters. The van der Waals surface area contributed by atoms with E-state index < -0.39 is 0 Å². The Hall–Kier alpha value is -1.06. The quantitative estimate of drug-likeness (QED) is 0.301. The molecule has 1 fully saturated rings. The lowest BCUT2D eigenvalue weighted by Crippen LogP contribution is -2.49. The number of halogens is 1. The summed E-state index contributed by atoms with van der Waals surface area (Å²) < 4.78 is 11.8. The van der Waals surface area contributed by atoms with Gasteiger partial charge in [0.1, 0.15) is 11.4 Å². The first kappa shape index (κ1) is 27.0. The summed E-state index contributed by atoms with van der Waals surface area (Å²) in [6.07, 6.45) is 2.54. The van der Waals surface area contributed by atoms with Gasteiger partial charge >= 0.3 is 0 Å². The van der Waals surface area contributed by atoms with Crippen molar-refractivity contribution in [3.8, 4) is 5.75 Å². The van der Waals surface area contributed by atoms with Crippen LogP contribution in [0.3, 0.4) is 0 Å². The van der Waals surface area contributed by atoms with Crippen LogP contribution in [0.1, 0.15) is 53.0 Å². The molecule has 0 aliphatic carbocycles. The number of rotatable bonds is 8. The molecule has 0 aromatic heterocycles. The van der Waals surface area contributed by atoms with Crippen LogP contribution >= 0.6 is 24.0 Å². The van der Waals surface area contributed by atoms with Crippen molar-refractivity contribution < 1.29 is 9.47 Å². The molecule has 172 valence electrons. The molecule has 2 N–H and O–H groups in total. The molecule has 0 spiro atoms. The van der Waals surface area contributed by atoms with Crippen molar-refractivity contribution in [2.45, 2.75) is 71.8 Å². The molecule has 0 bridgehead atoms. The first-order chi connectivity index (χ1) is 13.8. The second-order valence-corrected chi connectivity index (χ2v) is 8.93. The molecular formula is C23H41IN4O2. The zero-order valence-corrected chi connectivity index (χ0v) is 21.9. The van der Waals surface area contributed by atoms with Crippen molar-refractivity contribution in [2.75, 3.05) is 33.3 Å². The van der Waals surface area contributed by atoms with Crippen molar-refractivity contribution in [1.82, 2.24) is 15.5 Å². The number of benzene rings is 1. The number of hydrogen-bond acceptors (Lipinski definition) is 4. The van der Waals surface area contributed by atoms with Gasteiger partial charge in [-0.05, 0) is 53.5 Å². The SMILES string of the molecule is CN=C(NCc1ccccc1OC(C)(C)C)NC1CCN(CCOC(C)C)CC1.I. The zero-order valence-electron chi connectivity index (χ0n) is 19.5. The fourth-order valence-corrected chi connectivity index (χ4v) is 3.36. The average Bonchev–Trinajstić information content (AvgIpc) is 2.66. The van der Waals surface area contributed by atoms with Crippen LogP contribution in [0.4, 0.5) is 0 Å². The van der Waals surface area contributed by atoms with E-state index in [4.69, 9.17) is 9.47 Å². The van der Waals surface area contributed by atoms with Gasteiger partial charge in [-0.2, -0.15) is 0 Å². The summed E-state index contributed by atoms with van der Waals surface area (Å²) in [6, 6.07) is 8.62. The fraction of sp³-hybridized carbons (Fsp3) is 0.696. The number of piperidine rings is 1. The number of aliphatic imine (C=N–C) groups is 1. The second kappa shape index (κ2) is 13.4. The smallest absolute Gasteiger partial charge is 0.191 e. The maximum absolute atomic E-state index is 6.09. The van der Waals surface area contributed by atoms with E-state index in [1.807, 2.05) is 25.2 Å². The Morgan fingerprint density at radius 3 is 2.47 bits per heavy atom. The van der Waals surface area contributed by atoms with Crippen molar-refractivity contribution in [3.63, 3.8) is 0 Å². The minimum atomic E-state index is -0.218. The monoisotopic (exact) mass is 532 g/mol. The number of nitrogens with one attached hydrogen (secondary N) is 2. The Morgan fingerprint density at radius 1 is 1.20 bits per heavy atom. The fourth-order valence-electron chi connectivity index (χ4n) is 3.36. The lowest BCUT2D eigenvalue weighted by atomic mass is 10.1. The molecule has 0 radical (unpaired) electrons. The molecule has 1 aromatic carbocycles. The highest BCUT2D eigenvalue weighted by molar-refractivity contribution is 14.0. The normalized spacial score (nSPS) is 16.3. The van der Waals surface area contributed by atoms with Crippen molar-refractivity contribution in [1.29, 1.82) is 0 Å². The molecule has 0 saturated carbocycles. The molecule has 1 heterocycles. The van der Waals surface area contributed by atoms with E-state index >= 15 is 0 Å². The molecule has 2 rings (SSSR count). The molecule has 0 unspecified atom stereocenters. The molecular weight excluding hydrogens is 491 g/mol. The van der Waals surface area contributed by atoms with Crippen molar-refractivity contribution in [3.05, 3.63) is 29.8 Å². The summed E-state index contributed by atoms with van der Waals surface area (Å²) in [4.78, 5) is 6.89. The maximum atomic E-state index is 6.09. The van der Waals surface area contributed by atoms with Gasteiger partial charge in [0.05, 0.1) is 12.7 Å². The van der Waals surface area contributed by atoms with Crippen LogP contribution in [0.25, 0.3) is 0 Å². The molecule has 1 aliphatic heterocycles. The Bertz CT molecular complexity index is 638. The van der Waals surface area contributed by atoms with E-state index in [1.165, 1.54) is 0 Å². The molecule has 7 heteroatoms. The van der Waals surface area contributed by atoms with Gasteiger partial charge in [-0.3, -0.25) is 4.99 Å². The standard InChI is InChI=1S/C23H40N4O2.HI/c1-18(2)28-16-15-27-13-11-20(12-14-27)26-22(24-6)25-17-19-9-7-8-10-21(19)29-23(3,4)5;/h7-10,18,20H,11-17H2,1-6H3,(H2,24,25,26);1H. The van der Waals surface area contributed by atoms with Crippen molar-refractivity contribution in [2.24, 2.45) is 4.99 Å². The molecule has 0 amide bonds. The summed E-state index contributed by atoms with van der Waals surface area (Å²) in [5.74, 6) is 1.76. The largest absolute Gasteiger partial charge is 0.488 e. The van der Waals surface area contributed by atoms with Crippen LogP contribution in [0.15, 0.2) is 29.3 Å². The van der Waals surface area contributed by atoms with Gasteiger partial charge in [-0.1, -0.05) is 18.2 Å². The van der Waals surface area contributed by atoms with E-state index in [-0.39, 0.29) is 29.6 Å². The van der Waals surface area contributed by atoms with Crippen molar-refractivity contribution >= 4 is 29.9 Å². The van der Waals surface area contributed by atoms with E-state index in [1.54, 1.807) is 0 Å². The number of ether oxygens (including phenoxy) is 2. The Labute approximate surface area is 200 Å². The van der Waals surface area contributed by atoms with E-state index in [2.05, 4.69) is 61.2 Å².